The zero-order chi connectivity index (χ0) is 13.1. The number of nitrogens with two attached hydrogens (primary N) is 1. The molecule has 0 aliphatic heterocycles. The summed E-state index contributed by atoms with van der Waals surface area (Å²) in [5, 5.41) is 14.0. The monoisotopic (exact) mass is 247 g/mol. The lowest BCUT2D eigenvalue weighted by molar-refractivity contribution is -0.137. The van der Waals surface area contributed by atoms with Crippen LogP contribution in [-0.2, 0) is 6.18 Å². The zero-order valence-corrected chi connectivity index (χ0v) is 8.99. The van der Waals surface area contributed by atoms with Gasteiger partial charge in [0.25, 0.3) is 0 Å². The van der Waals surface area contributed by atoms with E-state index < -0.39 is 17.8 Å². The highest BCUT2D eigenvalue weighted by molar-refractivity contribution is 5.87. The van der Waals surface area contributed by atoms with Crippen molar-refractivity contribution in [3.05, 3.63) is 29.8 Å². The predicted molar refractivity (Wildman–Crippen MR) is 57.9 cm³/mol. The van der Waals surface area contributed by atoms with Crippen LogP contribution in [0, 0.1) is 0 Å². The number of amidine groups is 1. The van der Waals surface area contributed by atoms with Crippen molar-refractivity contribution in [3.63, 3.8) is 0 Å². The van der Waals surface area contributed by atoms with E-state index in [0.717, 1.165) is 12.1 Å². The number of hydrogen-bond acceptors (Lipinski definition) is 3. The normalized spacial score (nSPS) is 14.5. The molecule has 7 heteroatoms. The number of nitrogens with one attached hydrogen (secondary N) is 1. The van der Waals surface area contributed by atoms with E-state index >= 15 is 0 Å². The molecule has 1 aromatic carbocycles. The molecule has 0 heterocycles. The first-order valence-corrected chi connectivity index (χ1v) is 4.76. The van der Waals surface area contributed by atoms with Crippen molar-refractivity contribution in [2.45, 2.75) is 19.1 Å². The van der Waals surface area contributed by atoms with Crippen LogP contribution in [0.1, 0.15) is 12.5 Å². The summed E-state index contributed by atoms with van der Waals surface area (Å²) < 4.78 is 36.8. The molecule has 0 aromatic heterocycles. The van der Waals surface area contributed by atoms with Crippen molar-refractivity contribution in [2.24, 2.45) is 10.9 Å². The van der Waals surface area contributed by atoms with Crippen molar-refractivity contribution in [1.82, 2.24) is 0 Å². The number of oxime groups is 1. The second-order valence-electron chi connectivity index (χ2n) is 3.47. The maximum Gasteiger partial charge on any atom is 0.416 e. The number of halogens is 3. The number of nitrogens with zero attached hydrogens (tertiary/aromatic N) is 1. The quantitative estimate of drug-likeness (QED) is 0.332. The van der Waals surface area contributed by atoms with Crippen molar-refractivity contribution < 1.29 is 18.4 Å². The molecule has 1 atom stereocenters. The second kappa shape index (κ2) is 4.94. The summed E-state index contributed by atoms with van der Waals surface area (Å²) in [6.07, 6.45) is -4.35. The average Bonchev–Trinajstić information content (AvgIpc) is 2.27. The van der Waals surface area contributed by atoms with Crippen molar-refractivity contribution in [2.75, 3.05) is 5.32 Å². The van der Waals surface area contributed by atoms with Gasteiger partial charge in [-0.25, -0.2) is 0 Å². The van der Waals surface area contributed by atoms with E-state index in [1.165, 1.54) is 12.1 Å². The lowest BCUT2D eigenvalue weighted by Crippen LogP contribution is -2.32. The molecule has 4 N–H and O–H groups in total. The van der Waals surface area contributed by atoms with Gasteiger partial charge in [-0.05, 0) is 31.2 Å². The first-order valence-electron chi connectivity index (χ1n) is 4.76. The average molecular weight is 247 g/mol. The topological polar surface area (TPSA) is 70.6 Å². The highest BCUT2D eigenvalue weighted by atomic mass is 19.4. The number of anilines is 1. The summed E-state index contributed by atoms with van der Waals surface area (Å²) in [6.45, 7) is 1.62. The largest absolute Gasteiger partial charge is 0.416 e. The molecular formula is C10H12F3N3O. The number of hydrogen-bond donors (Lipinski definition) is 3. The van der Waals surface area contributed by atoms with E-state index in [1.807, 2.05) is 0 Å². The van der Waals surface area contributed by atoms with Gasteiger partial charge < -0.3 is 16.3 Å². The van der Waals surface area contributed by atoms with Gasteiger partial charge in [0.1, 0.15) is 0 Å². The Balaban J connectivity index is 2.76. The fraction of sp³-hybridized carbons (Fsp3) is 0.300. The Bertz CT molecular complexity index is 400. The van der Waals surface area contributed by atoms with Gasteiger partial charge in [0, 0.05) is 5.69 Å². The van der Waals surface area contributed by atoms with Crippen LogP contribution in [0.2, 0.25) is 0 Å². The Morgan fingerprint density at radius 1 is 1.35 bits per heavy atom. The van der Waals surface area contributed by atoms with Gasteiger partial charge in [-0.2, -0.15) is 13.2 Å². The van der Waals surface area contributed by atoms with Crippen LogP contribution in [0.15, 0.2) is 29.4 Å². The van der Waals surface area contributed by atoms with E-state index in [9.17, 15) is 13.2 Å². The SMILES string of the molecule is CC(Nc1ccc(C(F)(F)F)cc1)C(N)=NO. The minimum atomic E-state index is -4.35. The molecule has 4 nitrogen and oxygen atoms in total. The van der Waals surface area contributed by atoms with Crippen LogP contribution in [0.5, 0.6) is 0 Å². The molecule has 0 spiro atoms. The molecule has 1 unspecified atom stereocenters. The third kappa shape index (κ3) is 3.54. The molecule has 94 valence electrons. The first kappa shape index (κ1) is 13.1. The summed E-state index contributed by atoms with van der Waals surface area (Å²) in [6, 6.07) is 4.01. The zero-order valence-electron chi connectivity index (χ0n) is 8.99. The summed E-state index contributed by atoms with van der Waals surface area (Å²) in [5.41, 5.74) is 5.05. The summed E-state index contributed by atoms with van der Waals surface area (Å²) in [5.74, 6) is -0.0510. The summed E-state index contributed by atoms with van der Waals surface area (Å²) in [4.78, 5) is 0. The molecule has 0 radical (unpaired) electrons. The van der Waals surface area contributed by atoms with E-state index in [-0.39, 0.29) is 5.84 Å². The van der Waals surface area contributed by atoms with Crippen LogP contribution in [0.4, 0.5) is 18.9 Å². The smallest absolute Gasteiger partial charge is 0.409 e. The van der Waals surface area contributed by atoms with Crippen molar-refractivity contribution in [3.8, 4) is 0 Å². The standard InChI is InChI=1S/C10H12F3N3O/c1-6(9(14)16-17)15-8-4-2-7(3-5-8)10(11,12)13/h2-6,15,17H,1H3,(H2,14,16). The Kier molecular flexibility index (Phi) is 3.82. The van der Waals surface area contributed by atoms with Gasteiger partial charge in [0.05, 0.1) is 11.6 Å². The van der Waals surface area contributed by atoms with Gasteiger partial charge >= 0.3 is 6.18 Å². The van der Waals surface area contributed by atoms with Crippen LogP contribution in [0.3, 0.4) is 0 Å². The van der Waals surface area contributed by atoms with Gasteiger partial charge in [-0.15, -0.1) is 0 Å². The minimum Gasteiger partial charge on any atom is -0.409 e. The maximum atomic E-state index is 12.3. The van der Waals surface area contributed by atoms with Gasteiger partial charge in [-0.3, -0.25) is 0 Å². The Hall–Kier alpha value is -1.92. The molecule has 0 saturated carbocycles. The van der Waals surface area contributed by atoms with E-state index in [1.54, 1.807) is 6.92 Å². The number of benzene rings is 1. The fourth-order valence-electron chi connectivity index (χ4n) is 1.17. The minimum absolute atomic E-state index is 0.0510. The highest BCUT2D eigenvalue weighted by Crippen LogP contribution is 2.29. The molecule has 0 fully saturated rings. The molecule has 0 amide bonds. The summed E-state index contributed by atoms with van der Waals surface area (Å²) in [7, 11) is 0. The molecule has 0 aliphatic carbocycles. The number of rotatable bonds is 3. The number of alkyl halides is 3. The van der Waals surface area contributed by atoms with E-state index in [2.05, 4.69) is 10.5 Å². The Labute approximate surface area is 95.9 Å². The Morgan fingerprint density at radius 2 is 1.88 bits per heavy atom. The van der Waals surface area contributed by atoms with Crippen molar-refractivity contribution >= 4 is 11.5 Å². The van der Waals surface area contributed by atoms with Crippen LogP contribution >= 0.6 is 0 Å². The third-order valence-corrected chi connectivity index (χ3v) is 2.15. The van der Waals surface area contributed by atoms with E-state index in [0.29, 0.717) is 5.69 Å². The lowest BCUT2D eigenvalue weighted by Gasteiger charge is -2.14. The van der Waals surface area contributed by atoms with Gasteiger partial charge in [0.2, 0.25) is 0 Å². The summed E-state index contributed by atoms with van der Waals surface area (Å²) >= 11 is 0. The molecular weight excluding hydrogens is 235 g/mol. The predicted octanol–water partition coefficient (Wildman–Crippen LogP) is 2.25. The molecule has 0 saturated heterocycles. The molecule has 1 aromatic rings. The lowest BCUT2D eigenvalue weighted by atomic mass is 10.2. The van der Waals surface area contributed by atoms with Gasteiger partial charge in [-0.1, -0.05) is 5.16 Å². The second-order valence-corrected chi connectivity index (χ2v) is 3.47. The first-order chi connectivity index (χ1) is 7.84. The third-order valence-electron chi connectivity index (χ3n) is 2.15. The molecule has 0 aliphatic rings. The Morgan fingerprint density at radius 3 is 2.29 bits per heavy atom. The van der Waals surface area contributed by atoms with Gasteiger partial charge in [0.15, 0.2) is 5.84 Å². The fourth-order valence-corrected chi connectivity index (χ4v) is 1.17. The molecule has 1 rings (SSSR count). The van der Waals surface area contributed by atoms with Crippen LogP contribution in [-0.4, -0.2) is 17.1 Å². The van der Waals surface area contributed by atoms with Crippen LogP contribution < -0.4 is 11.1 Å². The maximum absolute atomic E-state index is 12.3. The van der Waals surface area contributed by atoms with Crippen molar-refractivity contribution in [1.29, 1.82) is 0 Å². The highest BCUT2D eigenvalue weighted by Gasteiger charge is 2.29. The molecule has 0 bridgehead atoms. The molecule has 17 heavy (non-hydrogen) atoms. The van der Waals surface area contributed by atoms with Crippen LogP contribution in [0.25, 0.3) is 0 Å². The van der Waals surface area contributed by atoms with E-state index in [4.69, 9.17) is 10.9 Å².